The number of carbonyl (C=O) groups excluding carboxylic acids is 1. The highest BCUT2D eigenvalue weighted by Gasteiger charge is 2.23. The summed E-state index contributed by atoms with van der Waals surface area (Å²) in [7, 11) is 1.88. The Bertz CT molecular complexity index is 1340. The van der Waals surface area contributed by atoms with Crippen LogP contribution < -0.4 is 16.2 Å². The first-order valence-electron chi connectivity index (χ1n) is 14.0. The number of aliphatic imine (C=N–C) groups is 1. The van der Waals surface area contributed by atoms with Crippen LogP contribution in [0, 0.1) is 13.8 Å². The quantitative estimate of drug-likeness (QED) is 0.129. The van der Waals surface area contributed by atoms with Gasteiger partial charge in [-0.1, -0.05) is 64.7 Å². The Morgan fingerprint density at radius 1 is 1.02 bits per heavy atom. The first-order chi connectivity index (χ1) is 19.7. The van der Waals surface area contributed by atoms with Crippen molar-refractivity contribution in [2.24, 2.45) is 10.8 Å². The number of hydrogen-bond donors (Lipinski definition) is 2. The standard InChI is InChI=1S/C32H40Cl2N6O/c1-23-16-24(2)18-28(17-23)32(41)38(3)21-27(25-8-9-29(33)30(34)19-25)10-11-39-12-14-40(15-13-39)31-7-5-4-6-26(31)20-36-22-37-35/h4-9,16-19,22,27H,10-15,20-21,35H2,1-3H3,(H,36,37)/t27-/m1/s1. The first kappa shape index (κ1) is 30.8. The molecule has 0 radical (unpaired) electrons. The van der Waals surface area contributed by atoms with E-state index < -0.39 is 0 Å². The molecule has 3 aromatic rings. The zero-order chi connectivity index (χ0) is 29.4. The number of para-hydroxylation sites is 1. The number of aryl methyl sites for hydroxylation is 2. The van der Waals surface area contributed by atoms with E-state index in [2.05, 4.69) is 44.5 Å². The molecule has 1 heterocycles. The van der Waals surface area contributed by atoms with Gasteiger partial charge in [-0.15, -0.1) is 0 Å². The second kappa shape index (κ2) is 14.7. The highest BCUT2D eigenvalue weighted by Crippen LogP contribution is 2.30. The number of likely N-dealkylation sites (N-methyl/N-ethyl adjacent to an activating group) is 1. The van der Waals surface area contributed by atoms with E-state index in [1.165, 1.54) is 17.6 Å². The number of nitrogens with zero attached hydrogens (tertiary/aromatic N) is 4. The second-order valence-electron chi connectivity index (χ2n) is 10.8. The van der Waals surface area contributed by atoms with Crippen molar-refractivity contribution in [3.8, 4) is 0 Å². The normalized spacial score (nSPS) is 14.8. The minimum absolute atomic E-state index is 0.0284. The molecule has 1 aliphatic rings. The summed E-state index contributed by atoms with van der Waals surface area (Å²) in [6.07, 6.45) is 2.42. The minimum atomic E-state index is 0.0284. The molecule has 0 aromatic heterocycles. The van der Waals surface area contributed by atoms with E-state index in [9.17, 15) is 4.79 Å². The van der Waals surface area contributed by atoms with Crippen LogP contribution in [0.4, 0.5) is 5.69 Å². The molecule has 0 spiro atoms. The molecule has 1 atom stereocenters. The van der Waals surface area contributed by atoms with Crippen LogP contribution in [-0.4, -0.2) is 68.4 Å². The third kappa shape index (κ3) is 8.46. The van der Waals surface area contributed by atoms with Gasteiger partial charge >= 0.3 is 0 Å². The van der Waals surface area contributed by atoms with Crippen molar-refractivity contribution in [1.29, 1.82) is 0 Å². The fourth-order valence-corrected chi connectivity index (χ4v) is 5.87. The van der Waals surface area contributed by atoms with E-state index in [0.29, 0.717) is 23.1 Å². The number of hydrogen-bond acceptors (Lipinski definition) is 5. The summed E-state index contributed by atoms with van der Waals surface area (Å²) in [5, 5.41) is 1.08. The average Bonchev–Trinajstić information content (AvgIpc) is 2.96. The molecular formula is C32H40Cl2N6O. The third-order valence-electron chi connectivity index (χ3n) is 7.65. The maximum atomic E-state index is 13.4. The second-order valence-corrected chi connectivity index (χ2v) is 11.6. The molecule has 218 valence electrons. The molecule has 7 nitrogen and oxygen atoms in total. The molecule has 3 aromatic carbocycles. The zero-order valence-corrected chi connectivity index (χ0v) is 25.6. The third-order valence-corrected chi connectivity index (χ3v) is 8.39. The fraction of sp³-hybridized carbons (Fsp3) is 0.375. The van der Waals surface area contributed by atoms with Gasteiger partial charge in [-0.2, -0.15) is 0 Å². The van der Waals surface area contributed by atoms with Gasteiger partial charge in [0.2, 0.25) is 0 Å². The van der Waals surface area contributed by atoms with Gasteiger partial charge < -0.3 is 15.2 Å². The van der Waals surface area contributed by atoms with E-state index in [1.807, 2.05) is 62.2 Å². The average molecular weight is 596 g/mol. The Hall–Kier alpha value is -3.10. The number of anilines is 1. The molecule has 1 saturated heterocycles. The number of rotatable bonds is 11. The van der Waals surface area contributed by atoms with E-state index in [1.54, 1.807) is 0 Å². The molecule has 1 aliphatic heterocycles. The molecule has 41 heavy (non-hydrogen) atoms. The maximum Gasteiger partial charge on any atom is 0.253 e. The molecule has 9 heteroatoms. The summed E-state index contributed by atoms with van der Waals surface area (Å²) in [6.45, 7) is 9.97. The molecule has 4 rings (SSSR count). The van der Waals surface area contributed by atoms with Gasteiger partial charge in [-0.25, -0.2) is 5.84 Å². The van der Waals surface area contributed by atoms with Crippen LogP contribution >= 0.6 is 23.2 Å². The summed E-state index contributed by atoms with van der Waals surface area (Å²) in [5.74, 6) is 5.47. The Morgan fingerprint density at radius 2 is 1.73 bits per heavy atom. The monoisotopic (exact) mass is 594 g/mol. The van der Waals surface area contributed by atoms with Crippen LogP contribution in [0.15, 0.2) is 65.7 Å². The Labute approximate surface area is 253 Å². The van der Waals surface area contributed by atoms with E-state index >= 15 is 0 Å². The van der Waals surface area contributed by atoms with E-state index in [4.69, 9.17) is 29.0 Å². The van der Waals surface area contributed by atoms with Crippen molar-refractivity contribution in [2.45, 2.75) is 32.7 Å². The van der Waals surface area contributed by atoms with Crippen LogP contribution in [0.5, 0.6) is 0 Å². The largest absolute Gasteiger partial charge is 0.369 e. The summed E-state index contributed by atoms with van der Waals surface area (Å²) in [5.41, 5.74) is 8.87. The fourth-order valence-electron chi connectivity index (χ4n) is 5.56. The molecule has 1 amide bonds. The van der Waals surface area contributed by atoms with Crippen molar-refractivity contribution < 1.29 is 4.79 Å². The topological polar surface area (TPSA) is 77.2 Å². The van der Waals surface area contributed by atoms with Gasteiger partial charge in [0, 0.05) is 56.9 Å². The first-order valence-corrected chi connectivity index (χ1v) is 14.8. The number of benzene rings is 3. The molecule has 1 fully saturated rings. The number of piperazine rings is 1. The Kier molecular flexibility index (Phi) is 11.1. The lowest BCUT2D eigenvalue weighted by Gasteiger charge is -2.37. The minimum Gasteiger partial charge on any atom is -0.369 e. The van der Waals surface area contributed by atoms with Crippen molar-refractivity contribution in [2.75, 3.05) is 51.2 Å². The predicted octanol–water partition coefficient (Wildman–Crippen LogP) is 5.67. The lowest BCUT2D eigenvalue weighted by atomic mass is 9.94. The van der Waals surface area contributed by atoms with Gasteiger partial charge in [-0.05, 0) is 68.3 Å². The summed E-state index contributed by atoms with van der Waals surface area (Å²) in [6, 6.07) is 20.2. The zero-order valence-electron chi connectivity index (χ0n) is 24.1. The van der Waals surface area contributed by atoms with Crippen molar-refractivity contribution in [1.82, 2.24) is 15.2 Å². The summed E-state index contributed by atoms with van der Waals surface area (Å²) in [4.78, 5) is 24.5. The number of nitrogens with two attached hydrogens (primary N) is 1. The van der Waals surface area contributed by atoms with Gasteiger partial charge in [-0.3, -0.25) is 14.7 Å². The smallest absolute Gasteiger partial charge is 0.253 e. The molecule has 0 saturated carbocycles. The summed E-state index contributed by atoms with van der Waals surface area (Å²) >= 11 is 12.7. The molecule has 0 unspecified atom stereocenters. The maximum absolute atomic E-state index is 13.4. The predicted molar refractivity (Wildman–Crippen MR) is 171 cm³/mol. The molecular weight excluding hydrogens is 555 g/mol. The van der Waals surface area contributed by atoms with Gasteiger partial charge in [0.25, 0.3) is 5.91 Å². The van der Waals surface area contributed by atoms with Gasteiger partial charge in [0.1, 0.15) is 0 Å². The number of halogens is 2. The van der Waals surface area contributed by atoms with Crippen LogP contribution in [0.2, 0.25) is 10.0 Å². The van der Waals surface area contributed by atoms with Gasteiger partial charge in [0.15, 0.2) is 0 Å². The van der Waals surface area contributed by atoms with Crippen molar-refractivity contribution >= 4 is 41.1 Å². The van der Waals surface area contributed by atoms with Crippen LogP contribution in [0.25, 0.3) is 0 Å². The van der Waals surface area contributed by atoms with Crippen LogP contribution in [-0.2, 0) is 6.54 Å². The lowest BCUT2D eigenvalue weighted by molar-refractivity contribution is 0.0782. The molecule has 0 bridgehead atoms. The number of nitrogens with one attached hydrogen (secondary N) is 1. The number of carbonyl (C=O) groups is 1. The number of amides is 1. The van der Waals surface area contributed by atoms with Crippen LogP contribution in [0.1, 0.15) is 45.0 Å². The molecule has 0 aliphatic carbocycles. The molecule has 3 N–H and O–H groups in total. The highest BCUT2D eigenvalue weighted by molar-refractivity contribution is 6.42. The Balaban J connectivity index is 1.41. The van der Waals surface area contributed by atoms with Gasteiger partial charge in [0.05, 0.1) is 22.9 Å². The highest BCUT2D eigenvalue weighted by atomic mass is 35.5. The van der Waals surface area contributed by atoms with Crippen molar-refractivity contribution in [3.05, 3.63) is 98.5 Å². The van der Waals surface area contributed by atoms with Crippen LogP contribution in [0.3, 0.4) is 0 Å². The van der Waals surface area contributed by atoms with E-state index in [0.717, 1.165) is 61.4 Å². The van der Waals surface area contributed by atoms with E-state index in [-0.39, 0.29) is 11.8 Å². The lowest BCUT2D eigenvalue weighted by Crippen LogP contribution is -2.47. The SMILES string of the molecule is Cc1cc(C)cc(C(=O)N(C)C[C@@H](CCN2CCN(c3ccccc3CN=CNN)CC2)c2ccc(Cl)c(Cl)c2)c1. The van der Waals surface area contributed by atoms with Crippen molar-refractivity contribution in [3.63, 3.8) is 0 Å². The Morgan fingerprint density at radius 3 is 2.41 bits per heavy atom. The number of hydrazine groups is 1. The summed E-state index contributed by atoms with van der Waals surface area (Å²) < 4.78 is 0.